The Kier molecular flexibility index (Phi) is 5.94. The average Bonchev–Trinajstić information content (AvgIpc) is 3.14. The molecule has 3 rings (SSSR count). The number of aryl methyl sites for hydroxylation is 2. The maximum absolute atomic E-state index is 12.6. The van der Waals surface area contributed by atoms with Crippen LogP contribution in [0.3, 0.4) is 0 Å². The lowest BCUT2D eigenvalue weighted by Gasteiger charge is -2.16. The van der Waals surface area contributed by atoms with E-state index >= 15 is 0 Å². The van der Waals surface area contributed by atoms with E-state index in [0.29, 0.717) is 11.4 Å². The number of aromatic amines is 1. The number of likely N-dealkylation sites (N-methyl/N-ethyl adjacent to an activating group) is 1. The van der Waals surface area contributed by atoms with E-state index in [1.54, 1.807) is 13.1 Å². The van der Waals surface area contributed by atoms with Crippen molar-refractivity contribution >= 4 is 33.4 Å². The Hall–Kier alpha value is -2.93. The normalized spacial score (nSPS) is 10.6. The first-order chi connectivity index (χ1) is 13.3. The Bertz CT molecular complexity index is 1010. The van der Waals surface area contributed by atoms with E-state index < -0.39 is 0 Å². The Morgan fingerprint density at radius 1 is 1.11 bits per heavy atom. The van der Waals surface area contributed by atoms with Crippen molar-refractivity contribution in [3.8, 4) is 11.3 Å². The Morgan fingerprint density at radius 2 is 1.82 bits per heavy atom. The van der Waals surface area contributed by atoms with Gasteiger partial charge in [-0.25, -0.2) is 0 Å². The zero-order valence-corrected chi connectivity index (χ0v) is 17.5. The number of H-pyrrole nitrogens is 1. The van der Waals surface area contributed by atoms with Crippen LogP contribution in [0.1, 0.15) is 21.6 Å². The standard InChI is InChI=1S/C21H21BrN4O2/c1-13-4-6-15(7-5-13)18-11-19(25-24-18)21(28)26(3)12-20(27)23-17-9-8-16(22)10-14(17)2/h4-11H,12H2,1-3H3,(H,23,27)(H,24,25). The van der Waals surface area contributed by atoms with Crippen LogP contribution in [0.25, 0.3) is 11.3 Å². The molecule has 144 valence electrons. The van der Waals surface area contributed by atoms with Crippen molar-refractivity contribution in [2.45, 2.75) is 13.8 Å². The molecule has 0 radical (unpaired) electrons. The van der Waals surface area contributed by atoms with Gasteiger partial charge in [-0.15, -0.1) is 0 Å². The second-order valence-corrected chi connectivity index (χ2v) is 7.62. The lowest BCUT2D eigenvalue weighted by Crippen LogP contribution is -2.35. The van der Waals surface area contributed by atoms with E-state index in [-0.39, 0.29) is 18.4 Å². The van der Waals surface area contributed by atoms with Crippen molar-refractivity contribution in [1.29, 1.82) is 0 Å². The molecular formula is C21H21BrN4O2. The molecular weight excluding hydrogens is 420 g/mol. The molecule has 1 heterocycles. The summed E-state index contributed by atoms with van der Waals surface area (Å²) >= 11 is 3.40. The maximum Gasteiger partial charge on any atom is 0.272 e. The van der Waals surface area contributed by atoms with Crippen LogP contribution < -0.4 is 5.32 Å². The van der Waals surface area contributed by atoms with Crippen LogP contribution >= 0.6 is 15.9 Å². The van der Waals surface area contributed by atoms with Crippen molar-refractivity contribution in [3.63, 3.8) is 0 Å². The van der Waals surface area contributed by atoms with Crippen LogP contribution in [0, 0.1) is 13.8 Å². The summed E-state index contributed by atoms with van der Waals surface area (Å²) in [5.41, 5.74) is 4.76. The maximum atomic E-state index is 12.6. The monoisotopic (exact) mass is 440 g/mol. The van der Waals surface area contributed by atoms with Gasteiger partial charge >= 0.3 is 0 Å². The van der Waals surface area contributed by atoms with E-state index in [4.69, 9.17) is 0 Å². The number of hydrogen-bond donors (Lipinski definition) is 2. The molecule has 0 aliphatic carbocycles. The molecule has 0 bridgehead atoms. The van der Waals surface area contributed by atoms with Gasteiger partial charge in [-0.2, -0.15) is 5.10 Å². The first-order valence-electron chi connectivity index (χ1n) is 8.77. The van der Waals surface area contributed by atoms with Gasteiger partial charge in [0.2, 0.25) is 5.91 Å². The number of anilines is 1. The minimum atomic E-state index is -0.298. The molecule has 0 saturated carbocycles. The summed E-state index contributed by atoms with van der Waals surface area (Å²) in [5, 5.41) is 9.80. The van der Waals surface area contributed by atoms with Crippen molar-refractivity contribution in [3.05, 3.63) is 69.8 Å². The number of nitrogens with one attached hydrogen (secondary N) is 2. The van der Waals surface area contributed by atoms with Gasteiger partial charge < -0.3 is 10.2 Å². The molecule has 2 aromatic carbocycles. The van der Waals surface area contributed by atoms with E-state index in [1.807, 2.05) is 56.3 Å². The number of carbonyl (C=O) groups excluding carboxylic acids is 2. The molecule has 28 heavy (non-hydrogen) atoms. The van der Waals surface area contributed by atoms with Crippen LogP contribution in [0.15, 0.2) is 53.0 Å². The van der Waals surface area contributed by atoms with Gasteiger partial charge in [0.05, 0.1) is 12.2 Å². The largest absolute Gasteiger partial charge is 0.331 e. The van der Waals surface area contributed by atoms with Crippen molar-refractivity contribution in [1.82, 2.24) is 15.1 Å². The third-order valence-electron chi connectivity index (χ3n) is 4.35. The molecule has 2 N–H and O–H groups in total. The third-order valence-corrected chi connectivity index (χ3v) is 4.84. The van der Waals surface area contributed by atoms with Gasteiger partial charge in [0.1, 0.15) is 5.69 Å². The molecule has 7 heteroatoms. The van der Waals surface area contributed by atoms with Crippen LogP contribution in [0.4, 0.5) is 5.69 Å². The highest BCUT2D eigenvalue weighted by atomic mass is 79.9. The third kappa shape index (κ3) is 4.67. The Labute approximate surface area is 172 Å². The molecule has 0 unspecified atom stereocenters. The molecule has 6 nitrogen and oxygen atoms in total. The summed E-state index contributed by atoms with van der Waals surface area (Å²) < 4.78 is 0.943. The van der Waals surface area contributed by atoms with Crippen molar-refractivity contribution in [2.24, 2.45) is 0 Å². The highest BCUT2D eigenvalue weighted by Crippen LogP contribution is 2.20. The second kappa shape index (κ2) is 8.39. The second-order valence-electron chi connectivity index (χ2n) is 6.70. The average molecular weight is 441 g/mol. The summed E-state index contributed by atoms with van der Waals surface area (Å²) in [4.78, 5) is 26.3. The number of rotatable bonds is 5. The smallest absolute Gasteiger partial charge is 0.272 e. The number of amides is 2. The molecule has 0 fully saturated rings. The quantitative estimate of drug-likeness (QED) is 0.624. The van der Waals surface area contributed by atoms with Gasteiger partial charge in [-0.05, 0) is 43.7 Å². The summed E-state index contributed by atoms with van der Waals surface area (Å²) in [6.07, 6.45) is 0. The van der Waals surface area contributed by atoms with E-state index in [2.05, 4.69) is 31.4 Å². The van der Waals surface area contributed by atoms with E-state index in [1.165, 1.54) is 4.90 Å². The highest BCUT2D eigenvalue weighted by molar-refractivity contribution is 9.10. The first-order valence-corrected chi connectivity index (χ1v) is 9.56. The fourth-order valence-electron chi connectivity index (χ4n) is 2.75. The summed E-state index contributed by atoms with van der Waals surface area (Å²) in [6, 6.07) is 15.2. The summed E-state index contributed by atoms with van der Waals surface area (Å²) in [7, 11) is 1.59. The lowest BCUT2D eigenvalue weighted by molar-refractivity contribution is -0.116. The molecule has 0 spiro atoms. The minimum Gasteiger partial charge on any atom is -0.331 e. The van der Waals surface area contributed by atoms with Crippen molar-refractivity contribution in [2.75, 3.05) is 18.9 Å². The minimum absolute atomic E-state index is 0.0623. The molecule has 0 aliphatic rings. The molecule has 0 aliphatic heterocycles. The number of hydrogen-bond acceptors (Lipinski definition) is 3. The van der Waals surface area contributed by atoms with Gasteiger partial charge in [-0.3, -0.25) is 14.7 Å². The molecule has 0 atom stereocenters. The first kappa shape index (κ1) is 19.8. The zero-order valence-electron chi connectivity index (χ0n) is 15.9. The number of benzene rings is 2. The van der Waals surface area contributed by atoms with E-state index in [9.17, 15) is 9.59 Å². The van der Waals surface area contributed by atoms with Crippen LogP contribution in [-0.4, -0.2) is 40.5 Å². The molecule has 0 saturated heterocycles. The van der Waals surface area contributed by atoms with Gasteiger partial charge in [0.15, 0.2) is 0 Å². The van der Waals surface area contributed by atoms with Gasteiger partial charge in [-0.1, -0.05) is 45.8 Å². The zero-order chi connectivity index (χ0) is 20.3. The number of halogens is 1. The van der Waals surface area contributed by atoms with Crippen molar-refractivity contribution < 1.29 is 9.59 Å². The lowest BCUT2D eigenvalue weighted by atomic mass is 10.1. The summed E-state index contributed by atoms with van der Waals surface area (Å²) in [6.45, 7) is 3.86. The number of carbonyl (C=O) groups is 2. The number of nitrogens with zero attached hydrogens (tertiary/aromatic N) is 2. The highest BCUT2D eigenvalue weighted by Gasteiger charge is 2.18. The fraction of sp³-hybridized carbons (Fsp3) is 0.190. The number of aromatic nitrogens is 2. The summed E-state index contributed by atoms with van der Waals surface area (Å²) in [5.74, 6) is -0.562. The van der Waals surface area contributed by atoms with Crippen LogP contribution in [-0.2, 0) is 4.79 Å². The van der Waals surface area contributed by atoms with E-state index in [0.717, 1.165) is 26.9 Å². The predicted molar refractivity (Wildman–Crippen MR) is 113 cm³/mol. The SMILES string of the molecule is Cc1ccc(-c2cc(C(=O)N(C)CC(=O)Nc3ccc(Br)cc3C)[nH]n2)cc1. The fourth-order valence-corrected chi connectivity index (χ4v) is 3.23. The molecule has 3 aromatic rings. The van der Waals surface area contributed by atoms with Gasteiger partial charge in [0, 0.05) is 22.8 Å². The molecule has 1 aromatic heterocycles. The Morgan fingerprint density at radius 3 is 2.50 bits per heavy atom. The van der Waals surface area contributed by atoms with Gasteiger partial charge in [0.25, 0.3) is 5.91 Å². The Balaban J connectivity index is 1.64. The van der Waals surface area contributed by atoms with Crippen LogP contribution in [0.5, 0.6) is 0 Å². The predicted octanol–water partition coefficient (Wildman–Crippen LogP) is 4.17. The topological polar surface area (TPSA) is 78.1 Å². The molecule has 2 amide bonds. The van der Waals surface area contributed by atoms with Crippen LogP contribution in [0.2, 0.25) is 0 Å².